The fourth-order valence-electron chi connectivity index (χ4n) is 1.37. The number of hydrogen-bond acceptors (Lipinski definition) is 3. The maximum absolute atomic E-state index is 4.35. The van der Waals surface area contributed by atoms with Gasteiger partial charge in [0.15, 0.2) is 0 Å². The van der Waals surface area contributed by atoms with Crippen molar-refractivity contribution in [3.8, 4) is 0 Å². The molecule has 0 N–H and O–H groups in total. The molecule has 0 amide bonds. The lowest BCUT2D eigenvalue weighted by Crippen LogP contribution is -1.98. The third-order valence-corrected chi connectivity index (χ3v) is 2.35. The predicted molar refractivity (Wildman–Crippen MR) is 61.5 cm³/mol. The van der Waals surface area contributed by atoms with Crippen LogP contribution in [0.5, 0.6) is 0 Å². The lowest BCUT2D eigenvalue weighted by Gasteiger charge is -2.01. The van der Waals surface area contributed by atoms with E-state index in [4.69, 9.17) is 0 Å². The van der Waals surface area contributed by atoms with Crippen molar-refractivity contribution in [3.05, 3.63) is 52.3 Å². The quantitative estimate of drug-likeness (QED) is 0.782. The lowest BCUT2D eigenvalue weighted by molar-refractivity contribution is 0.935. The number of aromatic nitrogens is 3. The highest BCUT2D eigenvalue weighted by Gasteiger charge is 2.01. The first kappa shape index (κ1) is 10.2. The van der Waals surface area contributed by atoms with Crippen LogP contribution in [0.1, 0.15) is 17.2 Å². The van der Waals surface area contributed by atoms with Crippen LogP contribution >= 0.6 is 15.9 Å². The third kappa shape index (κ3) is 2.83. The molecule has 0 radical (unpaired) electrons. The van der Waals surface area contributed by atoms with E-state index in [2.05, 4.69) is 30.9 Å². The molecule has 2 aromatic heterocycles. The van der Waals surface area contributed by atoms with E-state index in [1.807, 2.05) is 31.2 Å². The zero-order valence-electron chi connectivity index (χ0n) is 8.31. The SMILES string of the molecule is Cc1nc(Br)cc(Cc2ccccn2)n1. The van der Waals surface area contributed by atoms with Crippen LogP contribution in [0.25, 0.3) is 0 Å². The number of pyridine rings is 1. The van der Waals surface area contributed by atoms with E-state index in [1.54, 1.807) is 6.20 Å². The first-order chi connectivity index (χ1) is 7.24. The summed E-state index contributed by atoms with van der Waals surface area (Å²) in [5, 5.41) is 0. The van der Waals surface area contributed by atoms with Gasteiger partial charge in [-0.2, -0.15) is 0 Å². The minimum Gasteiger partial charge on any atom is -0.261 e. The molecule has 0 saturated carbocycles. The monoisotopic (exact) mass is 263 g/mol. The fraction of sp³-hybridized carbons (Fsp3) is 0.182. The average Bonchev–Trinajstić information content (AvgIpc) is 2.17. The molecule has 0 spiro atoms. The van der Waals surface area contributed by atoms with Crippen LogP contribution in [0.4, 0.5) is 0 Å². The van der Waals surface area contributed by atoms with Crippen molar-refractivity contribution in [1.82, 2.24) is 15.0 Å². The topological polar surface area (TPSA) is 38.7 Å². The molecule has 3 nitrogen and oxygen atoms in total. The molecule has 15 heavy (non-hydrogen) atoms. The summed E-state index contributed by atoms with van der Waals surface area (Å²) in [6, 6.07) is 7.79. The van der Waals surface area contributed by atoms with Crippen LogP contribution in [0, 0.1) is 6.92 Å². The van der Waals surface area contributed by atoms with Gasteiger partial charge in [0.25, 0.3) is 0 Å². The van der Waals surface area contributed by atoms with Crippen LogP contribution in [0.2, 0.25) is 0 Å². The zero-order valence-corrected chi connectivity index (χ0v) is 9.90. The molecule has 0 fully saturated rings. The Balaban J connectivity index is 2.25. The molecule has 76 valence electrons. The van der Waals surface area contributed by atoms with Gasteiger partial charge >= 0.3 is 0 Å². The smallest absolute Gasteiger partial charge is 0.126 e. The second kappa shape index (κ2) is 4.49. The molecule has 0 atom stereocenters. The van der Waals surface area contributed by atoms with Crippen molar-refractivity contribution in [3.63, 3.8) is 0 Å². The van der Waals surface area contributed by atoms with Gasteiger partial charge in [0.2, 0.25) is 0 Å². The van der Waals surface area contributed by atoms with Crippen LogP contribution in [0.3, 0.4) is 0 Å². The van der Waals surface area contributed by atoms with Crippen LogP contribution < -0.4 is 0 Å². The summed E-state index contributed by atoms with van der Waals surface area (Å²) >= 11 is 3.35. The molecule has 4 heteroatoms. The molecule has 0 aliphatic carbocycles. The van der Waals surface area contributed by atoms with Crippen molar-refractivity contribution >= 4 is 15.9 Å². The predicted octanol–water partition coefficient (Wildman–Crippen LogP) is 2.53. The van der Waals surface area contributed by atoms with Gasteiger partial charge in [-0.3, -0.25) is 4.98 Å². The molecule has 0 aliphatic rings. The summed E-state index contributed by atoms with van der Waals surface area (Å²) in [6.45, 7) is 1.88. The Morgan fingerprint density at radius 3 is 2.73 bits per heavy atom. The molecular formula is C11H10BrN3. The van der Waals surface area contributed by atoms with E-state index >= 15 is 0 Å². The maximum Gasteiger partial charge on any atom is 0.126 e. The van der Waals surface area contributed by atoms with Gasteiger partial charge < -0.3 is 0 Å². The number of hydrogen-bond donors (Lipinski definition) is 0. The minimum atomic E-state index is 0.739. The Labute approximate surface area is 96.7 Å². The zero-order chi connectivity index (χ0) is 10.7. The lowest BCUT2D eigenvalue weighted by atomic mass is 10.2. The molecule has 2 heterocycles. The number of aryl methyl sites for hydroxylation is 1. The van der Waals surface area contributed by atoms with Crippen LogP contribution in [-0.4, -0.2) is 15.0 Å². The molecule has 0 unspecified atom stereocenters. The van der Waals surface area contributed by atoms with Crippen LogP contribution in [0.15, 0.2) is 35.1 Å². The minimum absolute atomic E-state index is 0.739. The van der Waals surface area contributed by atoms with Gasteiger partial charge in [-0.05, 0) is 41.1 Å². The van der Waals surface area contributed by atoms with Crippen molar-refractivity contribution in [2.45, 2.75) is 13.3 Å². The number of nitrogens with zero attached hydrogens (tertiary/aromatic N) is 3. The summed E-state index contributed by atoms with van der Waals surface area (Å²) in [6.07, 6.45) is 2.53. The van der Waals surface area contributed by atoms with E-state index in [1.165, 1.54) is 0 Å². The van der Waals surface area contributed by atoms with E-state index in [9.17, 15) is 0 Å². The Morgan fingerprint density at radius 2 is 2.07 bits per heavy atom. The van der Waals surface area contributed by atoms with E-state index in [0.29, 0.717) is 0 Å². The van der Waals surface area contributed by atoms with Crippen LogP contribution in [-0.2, 0) is 6.42 Å². The number of rotatable bonds is 2. The van der Waals surface area contributed by atoms with Crippen molar-refractivity contribution < 1.29 is 0 Å². The summed E-state index contributed by atoms with van der Waals surface area (Å²) in [7, 11) is 0. The van der Waals surface area contributed by atoms with Gasteiger partial charge in [-0.1, -0.05) is 6.07 Å². The average molecular weight is 264 g/mol. The summed E-state index contributed by atoms with van der Waals surface area (Å²) in [5.74, 6) is 0.773. The molecule has 0 aliphatic heterocycles. The van der Waals surface area contributed by atoms with Gasteiger partial charge in [0.05, 0.1) is 5.69 Å². The Hall–Kier alpha value is -1.29. The van der Waals surface area contributed by atoms with Gasteiger partial charge in [0.1, 0.15) is 10.4 Å². The second-order valence-corrected chi connectivity index (χ2v) is 4.04. The first-order valence-corrected chi connectivity index (χ1v) is 5.43. The largest absolute Gasteiger partial charge is 0.261 e. The standard InChI is InChI=1S/C11H10BrN3/c1-8-14-10(7-11(12)15-8)6-9-4-2-3-5-13-9/h2-5,7H,6H2,1H3. The van der Waals surface area contributed by atoms with Crippen molar-refractivity contribution in [2.24, 2.45) is 0 Å². The summed E-state index contributed by atoms with van der Waals surface area (Å²) in [5.41, 5.74) is 2.00. The summed E-state index contributed by atoms with van der Waals surface area (Å²) < 4.78 is 0.820. The molecule has 2 aromatic rings. The maximum atomic E-state index is 4.35. The molecule has 0 aromatic carbocycles. The molecule has 0 bridgehead atoms. The van der Waals surface area contributed by atoms with Gasteiger partial charge in [0, 0.05) is 18.3 Å². The van der Waals surface area contributed by atoms with Gasteiger partial charge in [-0.25, -0.2) is 9.97 Å². The third-order valence-electron chi connectivity index (χ3n) is 1.95. The molecule has 2 rings (SSSR count). The second-order valence-electron chi connectivity index (χ2n) is 3.23. The van der Waals surface area contributed by atoms with Gasteiger partial charge in [-0.15, -0.1) is 0 Å². The van der Waals surface area contributed by atoms with Crippen molar-refractivity contribution in [1.29, 1.82) is 0 Å². The highest BCUT2D eigenvalue weighted by Crippen LogP contribution is 2.10. The Morgan fingerprint density at radius 1 is 1.20 bits per heavy atom. The Bertz CT molecular complexity index is 436. The Kier molecular flexibility index (Phi) is 3.06. The normalized spacial score (nSPS) is 10.3. The molecular weight excluding hydrogens is 254 g/mol. The first-order valence-electron chi connectivity index (χ1n) is 4.64. The highest BCUT2D eigenvalue weighted by atomic mass is 79.9. The van der Waals surface area contributed by atoms with E-state index in [-0.39, 0.29) is 0 Å². The van der Waals surface area contributed by atoms with E-state index in [0.717, 1.165) is 28.2 Å². The summed E-state index contributed by atoms with van der Waals surface area (Å²) in [4.78, 5) is 12.8. The molecule has 0 saturated heterocycles. The van der Waals surface area contributed by atoms with E-state index < -0.39 is 0 Å². The fourth-order valence-corrected chi connectivity index (χ4v) is 1.89. The highest BCUT2D eigenvalue weighted by molar-refractivity contribution is 9.10. The number of halogens is 1. The van der Waals surface area contributed by atoms with Crippen molar-refractivity contribution in [2.75, 3.05) is 0 Å².